The van der Waals surface area contributed by atoms with Crippen molar-refractivity contribution in [1.82, 2.24) is 4.98 Å². The lowest BCUT2D eigenvalue weighted by molar-refractivity contribution is 0.149. The van der Waals surface area contributed by atoms with Crippen molar-refractivity contribution in [2.45, 2.75) is 13.3 Å². The highest BCUT2D eigenvalue weighted by atomic mass is 79.9. The zero-order chi connectivity index (χ0) is 9.30. The molecule has 0 aliphatic heterocycles. The van der Waals surface area contributed by atoms with Crippen LogP contribution < -0.4 is 0 Å². The molecule has 0 aliphatic carbocycles. The van der Waals surface area contributed by atoms with Gasteiger partial charge in [0.2, 0.25) is 0 Å². The van der Waals surface area contributed by atoms with Crippen molar-refractivity contribution in [1.29, 1.82) is 0 Å². The van der Waals surface area contributed by atoms with Crippen molar-refractivity contribution < 1.29 is 8.78 Å². The fourth-order valence-corrected chi connectivity index (χ4v) is 1.53. The summed E-state index contributed by atoms with van der Waals surface area (Å²) >= 11 is 8.57. The number of rotatable bonds is 1. The van der Waals surface area contributed by atoms with Gasteiger partial charge in [-0.2, -0.15) is 0 Å². The molecule has 0 bridgehead atoms. The molecule has 1 heterocycles. The van der Waals surface area contributed by atoms with Crippen molar-refractivity contribution in [2.75, 3.05) is 0 Å². The van der Waals surface area contributed by atoms with E-state index in [1.807, 2.05) is 0 Å². The lowest BCUT2D eigenvalue weighted by Gasteiger charge is -2.06. The molecule has 12 heavy (non-hydrogen) atoms. The van der Waals surface area contributed by atoms with Crippen LogP contribution in [0, 0.1) is 6.92 Å². The number of halogens is 4. The molecule has 1 aromatic heterocycles. The third-order valence-corrected chi connectivity index (χ3v) is 2.79. The van der Waals surface area contributed by atoms with Gasteiger partial charge in [-0.25, -0.2) is 8.78 Å². The standard InChI is InChI=1S/C7H5BrClF2N/c1-3-5(7(10)11)6(8)4(9)2-12-3/h2,7H,1H3. The molecule has 1 rings (SSSR count). The number of hydrogen-bond acceptors (Lipinski definition) is 1. The molecule has 5 heteroatoms. The Morgan fingerprint density at radius 1 is 1.58 bits per heavy atom. The van der Waals surface area contributed by atoms with E-state index in [0.717, 1.165) is 0 Å². The van der Waals surface area contributed by atoms with Crippen molar-refractivity contribution in [3.8, 4) is 0 Å². The summed E-state index contributed by atoms with van der Waals surface area (Å²) in [5.41, 5.74) is 0.156. The van der Waals surface area contributed by atoms with Crippen molar-refractivity contribution in [3.63, 3.8) is 0 Å². The predicted molar refractivity (Wildman–Crippen MR) is 46.6 cm³/mol. The Morgan fingerprint density at radius 3 is 2.58 bits per heavy atom. The molecule has 0 saturated heterocycles. The molecule has 0 radical (unpaired) electrons. The number of nitrogens with zero attached hydrogens (tertiary/aromatic N) is 1. The van der Waals surface area contributed by atoms with Gasteiger partial charge < -0.3 is 0 Å². The van der Waals surface area contributed by atoms with Crippen LogP contribution in [0.15, 0.2) is 10.7 Å². The first-order chi connectivity index (χ1) is 5.54. The minimum atomic E-state index is -2.55. The molecular formula is C7H5BrClF2N. The Kier molecular flexibility index (Phi) is 3.01. The minimum absolute atomic E-state index is 0.137. The second-order valence-electron chi connectivity index (χ2n) is 2.22. The molecule has 0 aromatic carbocycles. The van der Waals surface area contributed by atoms with Crippen molar-refractivity contribution >= 4 is 27.5 Å². The van der Waals surface area contributed by atoms with Crippen LogP contribution in [0.2, 0.25) is 5.02 Å². The average Bonchev–Trinajstić information content (AvgIpc) is 1.97. The van der Waals surface area contributed by atoms with Gasteiger partial charge in [-0.1, -0.05) is 11.6 Å². The van der Waals surface area contributed by atoms with E-state index in [2.05, 4.69) is 20.9 Å². The molecule has 1 aromatic rings. The normalized spacial score (nSPS) is 10.8. The molecule has 0 fully saturated rings. The highest BCUT2D eigenvalue weighted by Gasteiger charge is 2.17. The molecule has 0 N–H and O–H groups in total. The van der Waals surface area contributed by atoms with Crippen LogP contribution in [0.1, 0.15) is 17.7 Å². The lowest BCUT2D eigenvalue weighted by atomic mass is 10.2. The summed E-state index contributed by atoms with van der Waals surface area (Å²) in [6.07, 6.45) is -1.21. The van der Waals surface area contributed by atoms with E-state index in [1.165, 1.54) is 13.1 Å². The summed E-state index contributed by atoms with van der Waals surface area (Å²) in [6, 6.07) is 0. The Bertz CT molecular complexity index is 304. The maximum Gasteiger partial charge on any atom is 0.266 e. The molecule has 0 unspecified atom stereocenters. The monoisotopic (exact) mass is 255 g/mol. The van der Waals surface area contributed by atoms with Gasteiger partial charge in [-0.15, -0.1) is 0 Å². The van der Waals surface area contributed by atoms with Gasteiger partial charge in [0, 0.05) is 16.4 Å². The van der Waals surface area contributed by atoms with E-state index in [9.17, 15) is 8.78 Å². The Labute approximate surface area is 81.9 Å². The van der Waals surface area contributed by atoms with E-state index in [1.54, 1.807) is 0 Å². The summed E-state index contributed by atoms with van der Waals surface area (Å²) in [4.78, 5) is 3.72. The van der Waals surface area contributed by atoms with E-state index in [-0.39, 0.29) is 15.1 Å². The fourth-order valence-electron chi connectivity index (χ4n) is 0.821. The minimum Gasteiger partial charge on any atom is -0.259 e. The van der Waals surface area contributed by atoms with Crippen molar-refractivity contribution in [3.05, 3.63) is 26.9 Å². The highest BCUT2D eigenvalue weighted by molar-refractivity contribution is 9.10. The number of aryl methyl sites for hydroxylation is 1. The van der Waals surface area contributed by atoms with Crippen LogP contribution in [-0.4, -0.2) is 4.98 Å². The second-order valence-corrected chi connectivity index (χ2v) is 3.42. The highest BCUT2D eigenvalue weighted by Crippen LogP contribution is 2.33. The Hall–Kier alpha value is -0.220. The third kappa shape index (κ3) is 1.75. The molecule has 0 spiro atoms. The van der Waals surface area contributed by atoms with Gasteiger partial charge in [-0.3, -0.25) is 4.98 Å². The fraction of sp³-hybridized carbons (Fsp3) is 0.286. The molecule has 1 nitrogen and oxygen atoms in total. The second kappa shape index (κ2) is 3.66. The molecule has 0 atom stereocenters. The molecule has 0 amide bonds. The van der Waals surface area contributed by atoms with Crippen LogP contribution in [0.5, 0.6) is 0 Å². The van der Waals surface area contributed by atoms with Gasteiger partial charge in [0.25, 0.3) is 6.43 Å². The van der Waals surface area contributed by atoms with Crippen molar-refractivity contribution in [2.24, 2.45) is 0 Å². The maximum atomic E-state index is 12.3. The van der Waals surface area contributed by atoms with E-state index < -0.39 is 6.43 Å². The SMILES string of the molecule is Cc1ncc(Cl)c(Br)c1C(F)F. The number of alkyl halides is 2. The first kappa shape index (κ1) is 9.86. The zero-order valence-corrected chi connectivity index (χ0v) is 8.46. The van der Waals surface area contributed by atoms with E-state index in [4.69, 9.17) is 11.6 Å². The molecular weight excluding hydrogens is 251 g/mol. The summed E-state index contributed by atoms with van der Waals surface area (Å²) in [5.74, 6) is 0. The van der Waals surface area contributed by atoms with Gasteiger partial charge in [0.15, 0.2) is 0 Å². The van der Waals surface area contributed by atoms with Crippen LogP contribution in [0.4, 0.5) is 8.78 Å². The number of aromatic nitrogens is 1. The quantitative estimate of drug-likeness (QED) is 0.746. The summed E-state index contributed by atoms with van der Waals surface area (Å²) < 4.78 is 24.9. The molecule has 0 aliphatic rings. The molecule has 0 saturated carbocycles. The Morgan fingerprint density at radius 2 is 2.17 bits per heavy atom. The van der Waals surface area contributed by atoms with Crippen LogP contribution in [-0.2, 0) is 0 Å². The summed E-state index contributed by atoms with van der Waals surface area (Å²) in [7, 11) is 0. The first-order valence-electron chi connectivity index (χ1n) is 3.12. The van der Waals surface area contributed by atoms with Crippen LogP contribution in [0.25, 0.3) is 0 Å². The van der Waals surface area contributed by atoms with E-state index >= 15 is 0 Å². The van der Waals surface area contributed by atoms with Gasteiger partial charge in [0.1, 0.15) is 0 Å². The number of hydrogen-bond donors (Lipinski definition) is 0. The third-order valence-electron chi connectivity index (χ3n) is 1.43. The van der Waals surface area contributed by atoms with E-state index in [0.29, 0.717) is 5.69 Å². The van der Waals surface area contributed by atoms with Gasteiger partial charge in [-0.05, 0) is 22.9 Å². The maximum absolute atomic E-state index is 12.3. The lowest BCUT2D eigenvalue weighted by Crippen LogP contribution is -1.94. The smallest absolute Gasteiger partial charge is 0.259 e. The van der Waals surface area contributed by atoms with Crippen LogP contribution in [0.3, 0.4) is 0 Å². The largest absolute Gasteiger partial charge is 0.266 e. The van der Waals surface area contributed by atoms with Gasteiger partial charge >= 0.3 is 0 Å². The van der Waals surface area contributed by atoms with Crippen LogP contribution >= 0.6 is 27.5 Å². The van der Waals surface area contributed by atoms with Gasteiger partial charge in [0.05, 0.1) is 10.6 Å². The Balaban J connectivity index is 3.33. The topological polar surface area (TPSA) is 12.9 Å². The average molecular weight is 256 g/mol. The predicted octanol–water partition coefficient (Wildman–Crippen LogP) is 3.74. The summed E-state index contributed by atoms with van der Waals surface area (Å²) in [6.45, 7) is 1.52. The molecule has 66 valence electrons. The first-order valence-corrected chi connectivity index (χ1v) is 4.29. The zero-order valence-electron chi connectivity index (χ0n) is 6.11. The summed E-state index contributed by atoms with van der Waals surface area (Å²) in [5, 5.41) is 0.205. The number of pyridine rings is 1.